The Kier molecular flexibility index (Phi) is 7.24. The SMILES string of the molecule is CCCOc1ccc(NC(=O)CCn2cnc3sccc3c2=O)cc1OCCC. The first-order valence-corrected chi connectivity index (χ1v) is 10.6. The van der Waals surface area contributed by atoms with Crippen LogP contribution in [0.3, 0.4) is 0 Å². The Balaban J connectivity index is 1.64. The van der Waals surface area contributed by atoms with Crippen molar-refractivity contribution in [2.45, 2.75) is 39.7 Å². The maximum absolute atomic E-state index is 12.4. The van der Waals surface area contributed by atoms with Gasteiger partial charge in [-0.1, -0.05) is 13.8 Å². The lowest BCUT2D eigenvalue weighted by molar-refractivity contribution is -0.116. The lowest BCUT2D eigenvalue weighted by Gasteiger charge is -2.14. The van der Waals surface area contributed by atoms with Gasteiger partial charge in [-0.15, -0.1) is 11.3 Å². The van der Waals surface area contributed by atoms with Gasteiger partial charge in [0.05, 0.1) is 24.9 Å². The molecule has 154 valence electrons. The minimum Gasteiger partial charge on any atom is -0.490 e. The summed E-state index contributed by atoms with van der Waals surface area (Å²) < 4.78 is 12.9. The van der Waals surface area contributed by atoms with E-state index in [1.807, 2.05) is 19.2 Å². The van der Waals surface area contributed by atoms with Crippen molar-refractivity contribution in [3.05, 3.63) is 46.3 Å². The van der Waals surface area contributed by atoms with Crippen LogP contribution in [0.25, 0.3) is 10.2 Å². The molecule has 1 N–H and O–H groups in total. The second-order valence-corrected chi connectivity index (χ2v) is 7.43. The first kappa shape index (κ1) is 20.9. The van der Waals surface area contributed by atoms with Crippen LogP contribution in [-0.2, 0) is 11.3 Å². The number of rotatable bonds is 10. The molecule has 3 rings (SSSR count). The molecule has 1 amide bonds. The smallest absolute Gasteiger partial charge is 0.262 e. The van der Waals surface area contributed by atoms with Crippen LogP contribution >= 0.6 is 11.3 Å². The van der Waals surface area contributed by atoms with Crippen LogP contribution < -0.4 is 20.3 Å². The average molecular weight is 416 g/mol. The van der Waals surface area contributed by atoms with E-state index >= 15 is 0 Å². The highest BCUT2D eigenvalue weighted by molar-refractivity contribution is 7.16. The van der Waals surface area contributed by atoms with E-state index in [1.165, 1.54) is 22.2 Å². The van der Waals surface area contributed by atoms with Crippen LogP contribution in [-0.4, -0.2) is 28.7 Å². The predicted molar refractivity (Wildman–Crippen MR) is 115 cm³/mol. The number of nitrogens with zero attached hydrogens (tertiary/aromatic N) is 2. The highest BCUT2D eigenvalue weighted by Crippen LogP contribution is 2.31. The number of thiophene rings is 1. The van der Waals surface area contributed by atoms with E-state index in [-0.39, 0.29) is 24.4 Å². The van der Waals surface area contributed by atoms with Gasteiger partial charge >= 0.3 is 0 Å². The number of carbonyl (C=O) groups is 1. The molecule has 0 saturated heterocycles. The molecule has 0 atom stereocenters. The number of aromatic nitrogens is 2. The van der Waals surface area contributed by atoms with E-state index in [0.29, 0.717) is 40.6 Å². The van der Waals surface area contributed by atoms with Crippen molar-refractivity contribution in [3.63, 3.8) is 0 Å². The summed E-state index contributed by atoms with van der Waals surface area (Å²) in [6.45, 7) is 5.51. The van der Waals surface area contributed by atoms with E-state index in [4.69, 9.17) is 9.47 Å². The molecule has 0 aliphatic rings. The van der Waals surface area contributed by atoms with E-state index in [0.717, 1.165) is 12.8 Å². The molecular weight excluding hydrogens is 390 g/mol. The number of carbonyl (C=O) groups excluding carboxylic acids is 1. The molecule has 3 aromatic rings. The van der Waals surface area contributed by atoms with Gasteiger partial charge in [0.1, 0.15) is 4.83 Å². The molecule has 0 bridgehead atoms. The number of aryl methyl sites for hydroxylation is 1. The zero-order valence-electron chi connectivity index (χ0n) is 16.6. The first-order valence-electron chi connectivity index (χ1n) is 9.74. The molecule has 0 saturated carbocycles. The zero-order chi connectivity index (χ0) is 20.6. The molecule has 2 heterocycles. The fourth-order valence-electron chi connectivity index (χ4n) is 2.74. The third-order valence-electron chi connectivity index (χ3n) is 4.18. The molecule has 0 spiro atoms. The molecule has 0 fully saturated rings. The van der Waals surface area contributed by atoms with E-state index in [1.54, 1.807) is 24.3 Å². The number of ether oxygens (including phenoxy) is 2. The van der Waals surface area contributed by atoms with Crippen LogP contribution in [0.15, 0.2) is 40.8 Å². The summed E-state index contributed by atoms with van der Waals surface area (Å²) in [5.74, 6) is 1.09. The summed E-state index contributed by atoms with van der Waals surface area (Å²) in [5, 5.41) is 5.27. The van der Waals surface area contributed by atoms with Crippen LogP contribution in [0.5, 0.6) is 11.5 Å². The average Bonchev–Trinajstić information content (AvgIpc) is 3.20. The molecule has 0 unspecified atom stereocenters. The van der Waals surface area contributed by atoms with Crippen molar-refractivity contribution in [3.8, 4) is 11.5 Å². The number of benzene rings is 1. The van der Waals surface area contributed by atoms with E-state index in [2.05, 4.69) is 10.3 Å². The summed E-state index contributed by atoms with van der Waals surface area (Å²) in [5.41, 5.74) is 0.500. The van der Waals surface area contributed by atoms with Crippen LogP contribution in [0.4, 0.5) is 5.69 Å². The molecule has 1 aromatic carbocycles. The maximum atomic E-state index is 12.4. The van der Waals surface area contributed by atoms with Crippen molar-refractivity contribution in [2.75, 3.05) is 18.5 Å². The Morgan fingerprint density at radius 2 is 1.90 bits per heavy atom. The summed E-state index contributed by atoms with van der Waals surface area (Å²) in [6, 6.07) is 7.11. The lowest BCUT2D eigenvalue weighted by atomic mass is 10.2. The zero-order valence-corrected chi connectivity index (χ0v) is 17.5. The molecular formula is C21H25N3O4S. The Labute approximate surface area is 173 Å². The topological polar surface area (TPSA) is 82.5 Å². The highest BCUT2D eigenvalue weighted by Gasteiger charge is 2.11. The summed E-state index contributed by atoms with van der Waals surface area (Å²) in [6.07, 6.45) is 3.43. The molecule has 0 radical (unpaired) electrons. The van der Waals surface area contributed by atoms with Crippen molar-refractivity contribution in [1.29, 1.82) is 0 Å². The molecule has 29 heavy (non-hydrogen) atoms. The minimum atomic E-state index is -0.189. The summed E-state index contributed by atoms with van der Waals surface area (Å²) in [7, 11) is 0. The molecule has 0 aliphatic carbocycles. The van der Waals surface area contributed by atoms with E-state index < -0.39 is 0 Å². The van der Waals surface area contributed by atoms with Crippen molar-refractivity contribution in [2.24, 2.45) is 0 Å². The first-order chi connectivity index (χ1) is 14.1. The second kappa shape index (κ2) is 10.1. The largest absolute Gasteiger partial charge is 0.490 e. The number of fused-ring (bicyclic) bond motifs is 1. The summed E-state index contributed by atoms with van der Waals surface area (Å²) >= 11 is 1.42. The van der Waals surface area contributed by atoms with Crippen LogP contribution in [0.1, 0.15) is 33.1 Å². The molecule has 8 heteroatoms. The second-order valence-electron chi connectivity index (χ2n) is 6.54. The summed E-state index contributed by atoms with van der Waals surface area (Å²) in [4.78, 5) is 29.7. The van der Waals surface area contributed by atoms with Gasteiger partial charge < -0.3 is 14.8 Å². The van der Waals surface area contributed by atoms with Crippen molar-refractivity contribution >= 4 is 33.1 Å². The fraction of sp³-hybridized carbons (Fsp3) is 0.381. The van der Waals surface area contributed by atoms with E-state index in [9.17, 15) is 9.59 Å². The number of nitrogens with one attached hydrogen (secondary N) is 1. The third-order valence-corrected chi connectivity index (χ3v) is 5.00. The number of hydrogen-bond donors (Lipinski definition) is 1. The lowest BCUT2D eigenvalue weighted by Crippen LogP contribution is -2.23. The van der Waals surface area contributed by atoms with Crippen molar-refractivity contribution in [1.82, 2.24) is 9.55 Å². The van der Waals surface area contributed by atoms with Gasteiger partial charge in [0.15, 0.2) is 11.5 Å². The Morgan fingerprint density at radius 1 is 1.14 bits per heavy atom. The van der Waals surface area contributed by atoms with Gasteiger partial charge in [-0.05, 0) is 36.4 Å². The Morgan fingerprint density at radius 3 is 2.66 bits per heavy atom. The van der Waals surface area contributed by atoms with Crippen LogP contribution in [0, 0.1) is 0 Å². The molecule has 2 aromatic heterocycles. The van der Waals surface area contributed by atoms with Gasteiger partial charge in [0.2, 0.25) is 5.91 Å². The number of anilines is 1. The fourth-order valence-corrected chi connectivity index (χ4v) is 3.46. The van der Waals surface area contributed by atoms with Gasteiger partial charge in [0, 0.05) is 24.7 Å². The normalized spacial score (nSPS) is 10.8. The maximum Gasteiger partial charge on any atom is 0.262 e. The van der Waals surface area contributed by atoms with Crippen LogP contribution in [0.2, 0.25) is 0 Å². The number of hydrogen-bond acceptors (Lipinski definition) is 6. The number of amides is 1. The highest BCUT2D eigenvalue weighted by atomic mass is 32.1. The van der Waals surface area contributed by atoms with Crippen molar-refractivity contribution < 1.29 is 14.3 Å². The third kappa shape index (κ3) is 5.35. The van der Waals surface area contributed by atoms with Gasteiger partial charge in [0.25, 0.3) is 5.56 Å². The van der Waals surface area contributed by atoms with Gasteiger partial charge in [-0.2, -0.15) is 0 Å². The quantitative estimate of drug-likeness (QED) is 0.540. The standard InChI is InChI=1S/C21H25N3O4S/c1-3-10-27-17-6-5-15(13-18(17)28-11-4-2)23-19(25)7-9-24-14-22-20-16(21(24)26)8-12-29-20/h5-6,8,12-14H,3-4,7,9-11H2,1-2H3,(H,23,25). The molecule has 0 aliphatic heterocycles. The van der Waals surface area contributed by atoms with Gasteiger partial charge in [-0.25, -0.2) is 4.98 Å². The predicted octanol–water partition coefficient (Wildman–Crippen LogP) is 4.06. The monoisotopic (exact) mass is 415 g/mol. The van der Waals surface area contributed by atoms with Gasteiger partial charge in [-0.3, -0.25) is 14.2 Å². The Hall–Kier alpha value is -2.87. The molecule has 7 nitrogen and oxygen atoms in total. The Bertz CT molecular complexity index is 1030. The minimum absolute atomic E-state index is 0.128.